The molecule has 1 amide bonds. The summed E-state index contributed by atoms with van der Waals surface area (Å²) in [4.78, 5) is 32.1. The first-order valence-electron chi connectivity index (χ1n) is 8.99. The SMILES string of the molecule is CC(=O)Nc1cccc(-c2ccnc3[nH]cc(C(=O)c4ccccc4C)c23)c1. The van der Waals surface area contributed by atoms with Crippen molar-refractivity contribution in [2.75, 3.05) is 5.32 Å². The van der Waals surface area contributed by atoms with Crippen LogP contribution in [0.2, 0.25) is 0 Å². The summed E-state index contributed by atoms with van der Waals surface area (Å²) in [5.74, 6) is -0.175. The Kier molecular flexibility index (Phi) is 4.49. The van der Waals surface area contributed by atoms with Crippen molar-refractivity contribution in [3.05, 3.63) is 83.7 Å². The number of fused-ring (bicyclic) bond motifs is 1. The Hall–Kier alpha value is -3.73. The normalized spacial score (nSPS) is 10.8. The Morgan fingerprint density at radius 3 is 2.61 bits per heavy atom. The molecule has 0 spiro atoms. The average molecular weight is 369 g/mol. The van der Waals surface area contributed by atoms with Gasteiger partial charge in [0.1, 0.15) is 5.65 Å². The summed E-state index contributed by atoms with van der Waals surface area (Å²) in [5.41, 5.74) is 5.33. The van der Waals surface area contributed by atoms with Gasteiger partial charge in [0.2, 0.25) is 5.91 Å². The molecule has 5 nitrogen and oxygen atoms in total. The van der Waals surface area contributed by atoms with E-state index in [1.807, 2.05) is 61.5 Å². The molecule has 2 aromatic carbocycles. The van der Waals surface area contributed by atoms with Crippen LogP contribution < -0.4 is 5.32 Å². The van der Waals surface area contributed by atoms with E-state index in [9.17, 15) is 9.59 Å². The van der Waals surface area contributed by atoms with Crippen LogP contribution in [-0.2, 0) is 4.79 Å². The highest BCUT2D eigenvalue weighted by Crippen LogP contribution is 2.32. The van der Waals surface area contributed by atoms with Crippen molar-refractivity contribution in [2.45, 2.75) is 13.8 Å². The number of nitrogens with one attached hydrogen (secondary N) is 2. The Balaban J connectivity index is 1.88. The first-order valence-corrected chi connectivity index (χ1v) is 8.99. The zero-order valence-electron chi connectivity index (χ0n) is 15.6. The Labute approximate surface area is 162 Å². The third-order valence-corrected chi connectivity index (χ3v) is 4.70. The molecule has 0 unspecified atom stereocenters. The van der Waals surface area contributed by atoms with Gasteiger partial charge in [-0.3, -0.25) is 9.59 Å². The van der Waals surface area contributed by atoms with Crippen molar-refractivity contribution >= 4 is 28.4 Å². The molecular formula is C23H19N3O2. The molecule has 0 radical (unpaired) electrons. The molecule has 0 aliphatic heterocycles. The van der Waals surface area contributed by atoms with Crippen LogP contribution in [0.4, 0.5) is 5.69 Å². The number of carbonyl (C=O) groups excluding carboxylic acids is 2. The van der Waals surface area contributed by atoms with Crippen molar-refractivity contribution in [3.8, 4) is 11.1 Å². The van der Waals surface area contributed by atoms with Crippen LogP contribution >= 0.6 is 0 Å². The molecular weight excluding hydrogens is 350 g/mol. The first kappa shape index (κ1) is 17.7. The minimum absolute atomic E-state index is 0.0448. The van der Waals surface area contributed by atoms with Crippen LogP contribution in [0.15, 0.2) is 67.0 Å². The number of H-pyrrole nitrogens is 1. The smallest absolute Gasteiger partial charge is 0.221 e. The van der Waals surface area contributed by atoms with E-state index in [1.54, 1.807) is 12.4 Å². The number of amides is 1. The number of aromatic amines is 1. The molecule has 4 rings (SSSR count). The first-order chi connectivity index (χ1) is 13.5. The summed E-state index contributed by atoms with van der Waals surface area (Å²) in [7, 11) is 0. The molecule has 0 atom stereocenters. The van der Waals surface area contributed by atoms with Crippen molar-refractivity contribution in [3.63, 3.8) is 0 Å². The summed E-state index contributed by atoms with van der Waals surface area (Å²) >= 11 is 0. The minimum atomic E-state index is -0.130. The second-order valence-corrected chi connectivity index (χ2v) is 6.69. The van der Waals surface area contributed by atoms with Crippen LogP contribution in [0.5, 0.6) is 0 Å². The largest absolute Gasteiger partial charge is 0.345 e. The lowest BCUT2D eigenvalue weighted by Crippen LogP contribution is -2.05. The van der Waals surface area contributed by atoms with Crippen LogP contribution in [-0.4, -0.2) is 21.7 Å². The summed E-state index contributed by atoms with van der Waals surface area (Å²) in [6, 6.07) is 17.0. The van der Waals surface area contributed by atoms with Gasteiger partial charge in [0.25, 0.3) is 0 Å². The predicted molar refractivity (Wildman–Crippen MR) is 110 cm³/mol. The quantitative estimate of drug-likeness (QED) is 0.511. The van der Waals surface area contributed by atoms with Crippen molar-refractivity contribution in [1.29, 1.82) is 0 Å². The third-order valence-electron chi connectivity index (χ3n) is 4.70. The molecule has 2 heterocycles. The maximum Gasteiger partial charge on any atom is 0.221 e. The van der Waals surface area contributed by atoms with E-state index in [0.29, 0.717) is 22.5 Å². The molecule has 0 aliphatic rings. The lowest BCUT2D eigenvalue weighted by molar-refractivity contribution is -0.114. The fourth-order valence-electron chi connectivity index (χ4n) is 3.42. The highest BCUT2D eigenvalue weighted by Gasteiger charge is 2.19. The van der Waals surface area contributed by atoms with E-state index >= 15 is 0 Å². The number of pyridine rings is 1. The van der Waals surface area contributed by atoms with Gasteiger partial charge >= 0.3 is 0 Å². The number of ketones is 1. The van der Waals surface area contributed by atoms with Gasteiger partial charge in [-0.05, 0) is 41.8 Å². The number of hydrogen-bond acceptors (Lipinski definition) is 3. The highest BCUT2D eigenvalue weighted by atomic mass is 16.1. The van der Waals surface area contributed by atoms with Crippen molar-refractivity contribution in [1.82, 2.24) is 9.97 Å². The molecule has 0 saturated carbocycles. The minimum Gasteiger partial charge on any atom is -0.345 e. The van der Waals surface area contributed by atoms with Crippen molar-refractivity contribution < 1.29 is 9.59 Å². The van der Waals surface area contributed by atoms with Gasteiger partial charge in [0, 0.05) is 36.0 Å². The average Bonchev–Trinajstić information content (AvgIpc) is 3.12. The topological polar surface area (TPSA) is 74.8 Å². The number of hydrogen-bond donors (Lipinski definition) is 2. The highest BCUT2D eigenvalue weighted by molar-refractivity contribution is 6.19. The monoisotopic (exact) mass is 369 g/mol. The standard InChI is InChI=1S/C23H19N3O2/c1-14-6-3-4-9-18(14)22(28)20-13-25-23-21(20)19(10-11-24-23)16-7-5-8-17(12-16)26-15(2)27/h3-13H,1-2H3,(H,24,25)(H,26,27). The molecule has 4 aromatic rings. The molecule has 0 saturated heterocycles. The van der Waals surface area contributed by atoms with Gasteiger partial charge in [-0.2, -0.15) is 0 Å². The summed E-state index contributed by atoms with van der Waals surface area (Å²) in [6.07, 6.45) is 3.43. The Bertz CT molecular complexity index is 1210. The third kappa shape index (κ3) is 3.18. The van der Waals surface area contributed by atoms with Crippen LogP contribution in [0.1, 0.15) is 28.4 Å². The van der Waals surface area contributed by atoms with E-state index in [-0.39, 0.29) is 11.7 Å². The van der Waals surface area contributed by atoms with Gasteiger partial charge in [-0.25, -0.2) is 4.98 Å². The number of rotatable bonds is 4. The van der Waals surface area contributed by atoms with Gasteiger partial charge in [0.15, 0.2) is 5.78 Å². The van der Waals surface area contributed by atoms with E-state index in [2.05, 4.69) is 15.3 Å². The lowest BCUT2D eigenvalue weighted by atomic mass is 9.95. The molecule has 0 aliphatic carbocycles. The van der Waals surface area contributed by atoms with E-state index in [1.165, 1.54) is 6.92 Å². The molecule has 138 valence electrons. The number of nitrogens with zero attached hydrogens (tertiary/aromatic N) is 1. The Morgan fingerprint density at radius 1 is 1.00 bits per heavy atom. The van der Waals surface area contributed by atoms with E-state index in [4.69, 9.17) is 0 Å². The van der Waals surface area contributed by atoms with Crippen molar-refractivity contribution in [2.24, 2.45) is 0 Å². The van der Waals surface area contributed by atoms with E-state index in [0.717, 1.165) is 22.1 Å². The fraction of sp³-hybridized carbons (Fsp3) is 0.0870. The number of aryl methyl sites for hydroxylation is 1. The fourth-order valence-corrected chi connectivity index (χ4v) is 3.42. The lowest BCUT2D eigenvalue weighted by Gasteiger charge is -2.09. The Morgan fingerprint density at radius 2 is 1.82 bits per heavy atom. The van der Waals surface area contributed by atoms with Gasteiger partial charge in [0.05, 0.1) is 5.56 Å². The van der Waals surface area contributed by atoms with Crippen LogP contribution in [0.3, 0.4) is 0 Å². The van der Waals surface area contributed by atoms with Gasteiger partial charge in [-0.15, -0.1) is 0 Å². The van der Waals surface area contributed by atoms with Gasteiger partial charge < -0.3 is 10.3 Å². The maximum atomic E-state index is 13.2. The molecule has 0 fully saturated rings. The van der Waals surface area contributed by atoms with E-state index < -0.39 is 0 Å². The number of carbonyl (C=O) groups is 2. The summed E-state index contributed by atoms with van der Waals surface area (Å²) in [5, 5.41) is 3.57. The summed E-state index contributed by atoms with van der Waals surface area (Å²) < 4.78 is 0. The molecule has 2 aromatic heterocycles. The molecule has 28 heavy (non-hydrogen) atoms. The molecule has 2 N–H and O–H groups in total. The van der Waals surface area contributed by atoms with Crippen LogP contribution in [0.25, 0.3) is 22.2 Å². The number of aromatic nitrogens is 2. The summed E-state index contributed by atoms with van der Waals surface area (Å²) in [6.45, 7) is 3.40. The zero-order valence-corrected chi connectivity index (χ0v) is 15.6. The van der Waals surface area contributed by atoms with Crippen LogP contribution in [0, 0.1) is 6.92 Å². The zero-order chi connectivity index (χ0) is 19.7. The predicted octanol–water partition coefficient (Wildman–Crippen LogP) is 4.73. The molecule has 5 heteroatoms. The number of anilines is 1. The maximum absolute atomic E-state index is 13.2. The molecule has 0 bridgehead atoms. The second kappa shape index (κ2) is 7.12. The number of benzene rings is 2. The second-order valence-electron chi connectivity index (χ2n) is 6.69. The van der Waals surface area contributed by atoms with Gasteiger partial charge in [-0.1, -0.05) is 36.4 Å².